The van der Waals surface area contributed by atoms with Crippen molar-refractivity contribution in [3.8, 4) is 5.75 Å². The van der Waals surface area contributed by atoms with Gasteiger partial charge in [0.05, 0.1) is 11.8 Å². The Bertz CT molecular complexity index is 531. The van der Waals surface area contributed by atoms with E-state index in [-0.39, 0.29) is 5.78 Å². The van der Waals surface area contributed by atoms with E-state index in [9.17, 15) is 4.79 Å². The minimum atomic E-state index is 0.177. The van der Waals surface area contributed by atoms with E-state index in [0.717, 1.165) is 43.5 Å². The van der Waals surface area contributed by atoms with Gasteiger partial charge in [-0.05, 0) is 69.2 Å². The third-order valence-electron chi connectivity index (χ3n) is 4.42. The highest BCUT2D eigenvalue weighted by molar-refractivity contribution is 6.40. The average molecular weight is 300 g/mol. The molecule has 22 heavy (non-hydrogen) atoms. The number of carbonyl (C=O) groups excluding carboxylic acids is 1. The lowest BCUT2D eigenvalue weighted by molar-refractivity contribution is -0.113. The fourth-order valence-electron chi connectivity index (χ4n) is 3.10. The smallest absolute Gasteiger partial charge is 0.178 e. The third-order valence-corrected chi connectivity index (χ3v) is 4.42. The van der Waals surface area contributed by atoms with Crippen molar-refractivity contribution < 1.29 is 9.53 Å². The molecular formula is C18H24N2O2. The van der Waals surface area contributed by atoms with Gasteiger partial charge < -0.3 is 4.74 Å². The normalized spacial score (nSPS) is 21.8. The number of hydrazone groups is 1. The van der Waals surface area contributed by atoms with Crippen LogP contribution in [0, 0.1) is 0 Å². The summed E-state index contributed by atoms with van der Waals surface area (Å²) in [5, 5.41) is 4.26. The predicted molar refractivity (Wildman–Crippen MR) is 88.5 cm³/mol. The van der Waals surface area contributed by atoms with E-state index in [0.29, 0.717) is 18.2 Å². The number of Topliss-reactive ketones (excluding diaryl/α,β-unsaturated/α-hetero) is 1. The zero-order chi connectivity index (χ0) is 15.2. The van der Waals surface area contributed by atoms with E-state index < -0.39 is 0 Å². The van der Waals surface area contributed by atoms with Crippen LogP contribution in [-0.2, 0) is 4.79 Å². The number of hydrogen-bond donors (Lipinski definition) is 1. The van der Waals surface area contributed by atoms with Gasteiger partial charge in [0.2, 0.25) is 0 Å². The molecule has 0 amide bonds. The van der Waals surface area contributed by atoms with Crippen LogP contribution >= 0.6 is 0 Å². The van der Waals surface area contributed by atoms with Gasteiger partial charge in [-0.15, -0.1) is 0 Å². The van der Waals surface area contributed by atoms with Crippen LogP contribution in [0.4, 0.5) is 5.69 Å². The summed E-state index contributed by atoms with van der Waals surface area (Å²) >= 11 is 0. The Balaban J connectivity index is 1.54. The Labute approximate surface area is 131 Å². The van der Waals surface area contributed by atoms with Crippen molar-refractivity contribution in [2.75, 3.05) is 5.43 Å². The summed E-state index contributed by atoms with van der Waals surface area (Å²) in [6, 6.07) is 7.85. The molecule has 2 saturated carbocycles. The average Bonchev–Trinajstić information content (AvgIpc) is 2.56. The summed E-state index contributed by atoms with van der Waals surface area (Å²) in [5.74, 6) is 1.09. The molecule has 4 heteroatoms. The zero-order valence-corrected chi connectivity index (χ0v) is 13.0. The third kappa shape index (κ3) is 4.09. The van der Waals surface area contributed by atoms with Crippen LogP contribution in [0.2, 0.25) is 0 Å². The van der Waals surface area contributed by atoms with E-state index in [4.69, 9.17) is 4.74 Å². The minimum absolute atomic E-state index is 0.177. The van der Waals surface area contributed by atoms with Gasteiger partial charge in [0.1, 0.15) is 11.5 Å². The van der Waals surface area contributed by atoms with Crippen molar-refractivity contribution in [2.45, 2.75) is 63.9 Å². The maximum Gasteiger partial charge on any atom is 0.178 e. The second-order valence-corrected chi connectivity index (χ2v) is 6.20. The molecule has 0 aromatic heterocycles. The highest BCUT2D eigenvalue weighted by Gasteiger charge is 2.16. The van der Waals surface area contributed by atoms with Gasteiger partial charge >= 0.3 is 0 Å². The molecule has 0 atom stereocenters. The molecule has 0 radical (unpaired) electrons. The van der Waals surface area contributed by atoms with E-state index in [1.54, 1.807) is 0 Å². The molecule has 0 bridgehead atoms. The number of ether oxygens (including phenoxy) is 1. The van der Waals surface area contributed by atoms with Gasteiger partial charge in [-0.2, -0.15) is 5.10 Å². The van der Waals surface area contributed by atoms with Crippen LogP contribution in [0.3, 0.4) is 0 Å². The van der Waals surface area contributed by atoms with Gasteiger partial charge in [0, 0.05) is 6.42 Å². The van der Waals surface area contributed by atoms with E-state index in [1.807, 2.05) is 24.3 Å². The maximum atomic E-state index is 11.7. The predicted octanol–water partition coefficient (Wildman–Crippen LogP) is 4.31. The second kappa shape index (κ2) is 7.43. The van der Waals surface area contributed by atoms with Crippen LogP contribution in [0.25, 0.3) is 0 Å². The van der Waals surface area contributed by atoms with Gasteiger partial charge in [0.15, 0.2) is 5.78 Å². The standard InChI is InChI=1S/C18H24N2O2/c21-18-9-5-4-8-17(18)20-19-14-10-12-16(13-11-14)22-15-6-2-1-3-7-15/h10-13,15,19H,1-9H2. The van der Waals surface area contributed by atoms with E-state index >= 15 is 0 Å². The number of rotatable bonds is 4. The summed E-state index contributed by atoms with van der Waals surface area (Å²) in [7, 11) is 0. The monoisotopic (exact) mass is 300 g/mol. The summed E-state index contributed by atoms with van der Waals surface area (Å²) < 4.78 is 6.00. The first-order chi connectivity index (χ1) is 10.8. The number of ketones is 1. The Morgan fingerprint density at radius 1 is 0.955 bits per heavy atom. The number of carbonyl (C=O) groups is 1. The molecule has 1 aromatic rings. The maximum absolute atomic E-state index is 11.7. The highest BCUT2D eigenvalue weighted by atomic mass is 16.5. The van der Waals surface area contributed by atoms with Crippen LogP contribution < -0.4 is 10.2 Å². The molecule has 3 rings (SSSR count). The molecule has 1 N–H and O–H groups in total. The number of nitrogens with zero attached hydrogens (tertiary/aromatic N) is 1. The molecule has 2 aliphatic carbocycles. The first-order valence-corrected chi connectivity index (χ1v) is 8.44. The number of benzene rings is 1. The lowest BCUT2D eigenvalue weighted by Crippen LogP contribution is -2.20. The van der Waals surface area contributed by atoms with Crippen molar-refractivity contribution in [3.63, 3.8) is 0 Å². The highest BCUT2D eigenvalue weighted by Crippen LogP contribution is 2.24. The lowest BCUT2D eigenvalue weighted by atomic mass is 9.97. The van der Waals surface area contributed by atoms with Crippen LogP contribution in [-0.4, -0.2) is 17.6 Å². The van der Waals surface area contributed by atoms with E-state index in [1.165, 1.54) is 19.3 Å². The molecular weight excluding hydrogens is 276 g/mol. The molecule has 0 unspecified atom stereocenters. The number of anilines is 1. The van der Waals surface area contributed by atoms with E-state index in [2.05, 4.69) is 10.5 Å². The summed E-state index contributed by atoms with van der Waals surface area (Å²) in [5.41, 5.74) is 4.55. The summed E-state index contributed by atoms with van der Waals surface area (Å²) in [6.07, 6.45) is 10.0. The van der Waals surface area contributed by atoms with Crippen molar-refractivity contribution in [2.24, 2.45) is 5.10 Å². The Hall–Kier alpha value is -1.84. The number of hydrogen-bond acceptors (Lipinski definition) is 4. The molecule has 0 saturated heterocycles. The first-order valence-electron chi connectivity index (χ1n) is 8.44. The molecule has 0 aliphatic heterocycles. The SMILES string of the molecule is O=C1CCCCC1=NNc1ccc(OC2CCCCC2)cc1. The first kappa shape index (κ1) is 15.1. The minimum Gasteiger partial charge on any atom is -0.490 e. The van der Waals surface area contributed by atoms with Crippen molar-refractivity contribution in [1.29, 1.82) is 0 Å². The molecule has 118 valence electrons. The lowest BCUT2D eigenvalue weighted by Gasteiger charge is -2.23. The summed E-state index contributed by atoms with van der Waals surface area (Å²) in [4.78, 5) is 11.7. The van der Waals surface area contributed by atoms with Crippen molar-refractivity contribution in [1.82, 2.24) is 0 Å². The number of nitrogens with one attached hydrogen (secondary N) is 1. The van der Waals surface area contributed by atoms with Crippen molar-refractivity contribution in [3.05, 3.63) is 24.3 Å². The molecule has 0 spiro atoms. The van der Waals surface area contributed by atoms with Gasteiger partial charge in [-0.3, -0.25) is 10.2 Å². The van der Waals surface area contributed by atoms with Crippen molar-refractivity contribution >= 4 is 17.2 Å². The van der Waals surface area contributed by atoms with Crippen LogP contribution in [0.1, 0.15) is 57.8 Å². The molecule has 2 fully saturated rings. The topological polar surface area (TPSA) is 50.7 Å². The van der Waals surface area contributed by atoms with Crippen LogP contribution in [0.5, 0.6) is 5.75 Å². The second-order valence-electron chi connectivity index (χ2n) is 6.20. The Kier molecular flexibility index (Phi) is 5.09. The zero-order valence-electron chi connectivity index (χ0n) is 13.0. The van der Waals surface area contributed by atoms with Crippen LogP contribution in [0.15, 0.2) is 29.4 Å². The molecule has 2 aliphatic rings. The largest absolute Gasteiger partial charge is 0.490 e. The summed E-state index contributed by atoms with van der Waals surface area (Å²) in [6.45, 7) is 0. The molecule has 1 aromatic carbocycles. The molecule has 4 nitrogen and oxygen atoms in total. The van der Waals surface area contributed by atoms with Gasteiger partial charge in [-0.1, -0.05) is 6.42 Å². The van der Waals surface area contributed by atoms with Gasteiger partial charge in [-0.25, -0.2) is 0 Å². The van der Waals surface area contributed by atoms with Gasteiger partial charge in [0.25, 0.3) is 0 Å². The fourth-order valence-corrected chi connectivity index (χ4v) is 3.10. The Morgan fingerprint density at radius 2 is 1.68 bits per heavy atom. The molecule has 0 heterocycles. The Morgan fingerprint density at radius 3 is 2.41 bits per heavy atom. The fraction of sp³-hybridized carbons (Fsp3) is 0.556. The quantitative estimate of drug-likeness (QED) is 0.843.